The van der Waals surface area contributed by atoms with Crippen LogP contribution in [0.25, 0.3) is 0 Å². The Morgan fingerprint density at radius 1 is 0.788 bits per heavy atom. The van der Waals surface area contributed by atoms with Gasteiger partial charge in [0.2, 0.25) is 11.8 Å². The average molecular weight is 471 g/mol. The first-order valence-electron chi connectivity index (χ1n) is 12.6. The van der Waals surface area contributed by atoms with Gasteiger partial charge in [-0.3, -0.25) is 14.4 Å². The Morgan fingerprint density at radius 2 is 1.30 bits per heavy atom. The van der Waals surface area contributed by atoms with Crippen molar-refractivity contribution < 1.29 is 29.0 Å². The summed E-state index contributed by atoms with van der Waals surface area (Å²) in [5, 5.41) is 14.1. The fraction of sp³-hybridized carbons (Fsp3) is 0.840. The standard InChI is InChI=1S/C25H46N2O6/c1-5-6-7-8-9-10-11-12-13-14-15-16-21(28)27-23(19(2)3)24(31)26-20(25(32)33-4)17-18-22(29)30/h19-20,23H,5-18H2,1-4H3,(H,26,31)(H,27,28)(H,29,30)/t20-,23+/m1/s1. The van der Waals surface area contributed by atoms with Gasteiger partial charge >= 0.3 is 11.9 Å². The number of carbonyl (C=O) groups is 4. The molecule has 2 atom stereocenters. The molecule has 0 saturated heterocycles. The number of hydrogen-bond donors (Lipinski definition) is 3. The number of unbranched alkanes of at least 4 members (excludes halogenated alkanes) is 10. The molecule has 0 unspecified atom stereocenters. The number of esters is 1. The van der Waals surface area contributed by atoms with Crippen LogP contribution in [0.1, 0.15) is 111 Å². The van der Waals surface area contributed by atoms with Crippen molar-refractivity contribution in [2.45, 2.75) is 123 Å². The van der Waals surface area contributed by atoms with Crippen molar-refractivity contribution in [3.05, 3.63) is 0 Å². The lowest BCUT2D eigenvalue weighted by atomic mass is 10.0. The molecule has 2 amide bonds. The molecule has 0 rings (SSSR count). The molecule has 0 fully saturated rings. The van der Waals surface area contributed by atoms with Crippen LogP contribution in [0.2, 0.25) is 0 Å². The van der Waals surface area contributed by atoms with Crippen LogP contribution in [0.15, 0.2) is 0 Å². The molecule has 0 aromatic heterocycles. The van der Waals surface area contributed by atoms with Gasteiger partial charge in [-0.25, -0.2) is 4.79 Å². The first-order chi connectivity index (χ1) is 15.7. The van der Waals surface area contributed by atoms with Crippen LogP contribution in [0, 0.1) is 5.92 Å². The Labute approximate surface area is 199 Å². The van der Waals surface area contributed by atoms with Gasteiger partial charge in [0.25, 0.3) is 0 Å². The predicted molar refractivity (Wildman–Crippen MR) is 129 cm³/mol. The van der Waals surface area contributed by atoms with Crippen LogP contribution < -0.4 is 10.6 Å². The van der Waals surface area contributed by atoms with E-state index in [1.54, 1.807) is 13.8 Å². The van der Waals surface area contributed by atoms with E-state index in [-0.39, 0.29) is 24.7 Å². The molecule has 33 heavy (non-hydrogen) atoms. The molecule has 0 saturated carbocycles. The number of aliphatic carboxylic acids is 1. The fourth-order valence-corrected chi connectivity index (χ4v) is 3.65. The van der Waals surface area contributed by atoms with E-state index in [9.17, 15) is 19.2 Å². The quantitative estimate of drug-likeness (QED) is 0.180. The average Bonchev–Trinajstić information content (AvgIpc) is 2.77. The van der Waals surface area contributed by atoms with Gasteiger partial charge in [-0.2, -0.15) is 0 Å². The van der Waals surface area contributed by atoms with Crippen LogP contribution in [0.3, 0.4) is 0 Å². The summed E-state index contributed by atoms with van der Waals surface area (Å²) in [6.07, 6.45) is 13.2. The number of rotatable bonds is 20. The lowest BCUT2D eigenvalue weighted by Gasteiger charge is -2.24. The molecule has 0 aliphatic carbocycles. The minimum atomic E-state index is -1.07. The molecule has 192 valence electrons. The number of ether oxygens (including phenoxy) is 1. The minimum Gasteiger partial charge on any atom is -0.481 e. The summed E-state index contributed by atoms with van der Waals surface area (Å²) >= 11 is 0. The Bertz CT molecular complexity index is 579. The largest absolute Gasteiger partial charge is 0.481 e. The number of nitrogens with one attached hydrogen (secondary N) is 2. The maximum absolute atomic E-state index is 12.7. The third-order valence-corrected chi connectivity index (χ3v) is 5.72. The number of carbonyl (C=O) groups excluding carboxylic acids is 3. The van der Waals surface area contributed by atoms with E-state index in [2.05, 4.69) is 22.3 Å². The topological polar surface area (TPSA) is 122 Å². The number of hydrogen-bond acceptors (Lipinski definition) is 5. The van der Waals surface area contributed by atoms with Crippen LogP contribution in [0.5, 0.6) is 0 Å². The van der Waals surface area contributed by atoms with Gasteiger partial charge < -0.3 is 20.5 Å². The van der Waals surface area contributed by atoms with E-state index in [1.807, 2.05) is 0 Å². The van der Waals surface area contributed by atoms with E-state index in [0.29, 0.717) is 6.42 Å². The first kappa shape index (κ1) is 30.9. The summed E-state index contributed by atoms with van der Waals surface area (Å²) in [4.78, 5) is 47.7. The van der Waals surface area contributed by atoms with Gasteiger partial charge in [0, 0.05) is 12.8 Å². The summed E-state index contributed by atoms with van der Waals surface area (Å²) < 4.78 is 4.66. The highest BCUT2D eigenvalue weighted by molar-refractivity contribution is 5.91. The van der Waals surface area contributed by atoms with Crippen molar-refractivity contribution in [3.8, 4) is 0 Å². The van der Waals surface area contributed by atoms with Gasteiger partial charge in [0.15, 0.2) is 0 Å². The lowest BCUT2D eigenvalue weighted by molar-refractivity contribution is -0.146. The molecule has 8 heteroatoms. The normalized spacial score (nSPS) is 12.8. The summed E-state index contributed by atoms with van der Waals surface area (Å²) in [6, 6.07) is -1.87. The maximum atomic E-state index is 12.7. The van der Waals surface area contributed by atoms with Crippen LogP contribution in [-0.4, -0.2) is 48.1 Å². The molecule has 0 aliphatic rings. The molecule has 0 spiro atoms. The Hall–Kier alpha value is -2.12. The Morgan fingerprint density at radius 3 is 1.76 bits per heavy atom. The number of carboxylic acid groups (broad SMARTS) is 1. The molecule has 0 radical (unpaired) electrons. The lowest BCUT2D eigenvalue weighted by Crippen LogP contribution is -2.53. The van der Waals surface area contributed by atoms with Crippen molar-refractivity contribution in [1.29, 1.82) is 0 Å². The molecule has 8 nitrogen and oxygen atoms in total. The molecule has 3 N–H and O–H groups in total. The summed E-state index contributed by atoms with van der Waals surface area (Å²) in [6.45, 7) is 5.83. The van der Waals surface area contributed by atoms with E-state index in [4.69, 9.17) is 5.11 Å². The smallest absolute Gasteiger partial charge is 0.328 e. The molecular weight excluding hydrogens is 424 g/mol. The Balaban J connectivity index is 4.29. The first-order valence-corrected chi connectivity index (χ1v) is 12.6. The van der Waals surface area contributed by atoms with Gasteiger partial charge in [-0.15, -0.1) is 0 Å². The molecule has 0 aliphatic heterocycles. The highest BCUT2D eigenvalue weighted by atomic mass is 16.5. The van der Waals surface area contributed by atoms with Crippen molar-refractivity contribution >= 4 is 23.8 Å². The predicted octanol–water partition coefficient (Wildman–Crippen LogP) is 4.35. The monoisotopic (exact) mass is 470 g/mol. The van der Waals surface area contributed by atoms with E-state index in [1.165, 1.54) is 58.5 Å². The number of carboxylic acids is 1. The summed E-state index contributed by atoms with van der Waals surface area (Å²) in [5.41, 5.74) is 0. The second kappa shape index (κ2) is 19.4. The van der Waals surface area contributed by atoms with Crippen LogP contribution >= 0.6 is 0 Å². The van der Waals surface area contributed by atoms with Gasteiger partial charge in [-0.05, 0) is 18.8 Å². The van der Waals surface area contributed by atoms with Gasteiger partial charge in [0.05, 0.1) is 7.11 Å². The third-order valence-electron chi connectivity index (χ3n) is 5.72. The zero-order valence-electron chi connectivity index (χ0n) is 21.1. The second-order valence-corrected chi connectivity index (χ2v) is 9.09. The molecule has 0 heterocycles. The van der Waals surface area contributed by atoms with Crippen molar-refractivity contribution in [3.63, 3.8) is 0 Å². The number of methoxy groups -OCH3 is 1. The zero-order chi connectivity index (χ0) is 25.1. The van der Waals surface area contributed by atoms with Gasteiger partial charge in [0.1, 0.15) is 12.1 Å². The van der Waals surface area contributed by atoms with Crippen LogP contribution in [-0.2, 0) is 23.9 Å². The fourth-order valence-electron chi connectivity index (χ4n) is 3.65. The molecule has 0 aromatic rings. The second-order valence-electron chi connectivity index (χ2n) is 9.09. The van der Waals surface area contributed by atoms with Crippen LogP contribution in [0.4, 0.5) is 0 Å². The SMILES string of the molecule is CCCCCCCCCCCCCC(=O)N[C@H](C(=O)N[C@H](CCC(=O)O)C(=O)OC)C(C)C. The van der Waals surface area contributed by atoms with E-state index >= 15 is 0 Å². The summed E-state index contributed by atoms with van der Waals surface area (Å²) in [5.74, 6) is -2.68. The molecule has 0 bridgehead atoms. The van der Waals surface area contributed by atoms with Crippen molar-refractivity contribution in [2.24, 2.45) is 5.92 Å². The van der Waals surface area contributed by atoms with Crippen molar-refractivity contribution in [2.75, 3.05) is 7.11 Å². The zero-order valence-corrected chi connectivity index (χ0v) is 21.1. The highest BCUT2D eigenvalue weighted by Gasteiger charge is 2.29. The van der Waals surface area contributed by atoms with Gasteiger partial charge in [-0.1, -0.05) is 85.0 Å². The van der Waals surface area contributed by atoms with E-state index < -0.39 is 29.9 Å². The highest BCUT2D eigenvalue weighted by Crippen LogP contribution is 2.12. The molecular formula is C25H46N2O6. The Kier molecular flexibility index (Phi) is 18.1. The molecule has 0 aromatic carbocycles. The van der Waals surface area contributed by atoms with Crippen molar-refractivity contribution in [1.82, 2.24) is 10.6 Å². The van der Waals surface area contributed by atoms with E-state index in [0.717, 1.165) is 19.3 Å². The maximum Gasteiger partial charge on any atom is 0.328 e. The third kappa shape index (κ3) is 16.2. The minimum absolute atomic E-state index is 0.0781. The number of amides is 2. The summed E-state index contributed by atoms with van der Waals surface area (Å²) in [7, 11) is 1.18.